The Morgan fingerprint density at radius 1 is 1.22 bits per heavy atom. The van der Waals surface area contributed by atoms with Crippen molar-refractivity contribution in [3.63, 3.8) is 0 Å². The Bertz CT molecular complexity index is 660. The van der Waals surface area contributed by atoms with Crippen molar-refractivity contribution in [3.8, 4) is 0 Å². The van der Waals surface area contributed by atoms with Crippen molar-refractivity contribution < 1.29 is 9.90 Å². The third-order valence-corrected chi connectivity index (χ3v) is 7.43. The summed E-state index contributed by atoms with van der Waals surface area (Å²) >= 11 is 0. The van der Waals surface area contributed by atoms with Crippen LogP contribution in [0.2, 0.25) is 0 Å². The van der Waals surface area contributed by atoms with Crippen molar-refractivity contribution >= 4 is 5.91 Å². The number of nitrogens with zero attached hydrogens (tertiary/aromatic N) is 1. The molecule has 1 aromatic rings. The van der Waals surface area contributed by atoms with Gasteiger partial charge < -0.3 is 10.4 Å². The lowest BCUT2D eigenvalue weighted by Gasteiger charge is -2.40. The minimum Gasteiger partial charge on any atom is -0.375 e. The number of hydrogen-bond donors (Lipinski definition) is 2. The van der Waals surface area contributed by atoms with Crippen LogP contribution in [0.15, 0.2) is 30.3 Å². The molecule has 1 saturated heterocycles. The number of piperidine rings is 1. The molecule has 0 aromatic heterocycles. The summed E-state index contributed by atoms with van der Waals surface area (Å²) in [6.07, 6.45) is 4.14. The molecule has 1 aromatic carbocycles. The van der Waals surface area contributed by atoms with Gasteiger partial charge in [-0.1, -0.05) is 57.5 Å². The Hall–Kier alpha value is -1.39. The summed E-state index contributed by atoms with van der Waals surface area (Å²) in [4.78, 5) is 15.8. The molecule has 2 saturated carbocycles. The number of aliphatic hydroxyl groups is 1. The number of amides is 1. The van der Waals surface area contributed by atoms with E-state index < -0.39 is 5.60 Å². The lowest BCUT2D eigenvalue weighted by molar-refractivity contribution is -0.152. The highest BCUT2D eigenvalue weighted by atomic mass is 16.3. The number of fused-ring (bicyclic) bond motifs is 1. The number of likely N-dealkylation sites (tertiary alicyclic amines) is 1. The second kappa shape index (κ2) is 7.21. The third-order valence-electron chi connectivity index (χ3n) is 7.43. The van der Waals surface area contributed by atoms with Crippen LogP contribution >= 0.6 is 0 Å². The van der Waals surface area contributed by atoms with E-state index in [4.69, 9.17) is 0 Å². The first-order chi connectivity index (χ1) is 13.0. The maximum absolute atomic E-state index is 13.2. The van der Waals surface area contributed by atoms with Crippen LogP contribution in [0.1, 0.15) is 52.0 Å². The van der Waals surface area contributed by atoms with Crippen LogP contribution in [-0.2, 0) is 10.4 Å². The molecule has 3 fully saturated rings. The van der Waals surface area contributed by atoms with Crippen molar-refractivity contribution in [2.45, 2.75) is 64.1 Å². The number of nitrogens with one attached hydrogen (secondary N) is 1. The van der Waals surface area contributed by atoms with Gasteiger partial charge in [0.2, 0.25) is 0 Å². The number of carbonyl (C=O) groups excluding carboxylic acids is 1. The summed E-state index contributed by atoms with van der Waals surface area (Å²) in [6.45, 7) is 9.04. The zero-order chi connectivity index (χ0) is 19.2. The summed E-state index contributed by atoms with van der Waals surface area (Å²) < 4.78 is 0. The first-order valence-corrected chi connectivity index (χ1v) is 10.8. The van der Waals surface area contributed by atoms with Crippen molar-refractivity contribution in [3.05, 3.63) is 35.9 Å². The predicted octanol–water partition coefficient (Wildman–Crippen LogP) is 3.16. The van der Waals surface area contributed by atoms with Gasteiger partial charge in [0.05, 0.1) is 0 Å². The van der Waals surface area contributed by atoms with Crippen molar-refractivity contribution in [2.24, 2.45) is 23.7 Å². The fraction of sp³-hybridized carbons (Fsp3) is 0.696. The Kier molecular flexibility index (Phi) is 5.06. The van der Waals surface area contributed by atoms with Crippen LogP contribution in [0, 0.1) is 23.7 Å². The zero-order valence-corrected chi connectivity index (χ0v) is 16.9. The topological polar surface area (TPSA) is 52.6 Å². The molecule has 27 heavy (non-hydrogen) atoms. The molecule has 3 unspecified atom stereocenters. The SMILES string of the molecule is CCC(C(C)C)N1CC2[C@H](C1)[C@H]2NC(=O)C(O)(c1ccccc1)C1CCC1. The highest BCUT2D eigenvalue weighted by molar-refractivity contribution is 5.87. The Balaban J connectivity index is 1.41. The summed E-state index contributed by atoms with van der Waals surface area (Å²) in [7, 11) is 0. The molecule has 1 heterocycles. The minimum absolute atomic E-state index is 0.0420. The van der Waals surface area contributed by atoms with Crippen LogP contribution in [0.3, 0.4) is 0 Å². The Morgan fingerprint density at radius 3 is 2.33 bits per heavy atom. The number of hydrogen-bond acceptors (Lipinski definition) is 3. The lowest BCUT2D eigenvalue weighted by atomic mass is 9.69. The first kappa shape index (κ1) is 18.9. The second-order valence-corrected chi connectivity index (χ2v) is 9.26. The molecule has 5 atom stereocenters. The van der Waals surface area contributed by atoms with E-state index in [1.807, 2.05) is 30.3 Å². The molecular weight excluding hydrogens is 336 g/mol. The maximum atomic E-state index is 13.2. The Labute approximate surface area is 163 Å². The van der Waals surface area contributed by atoms with Gasteiger partial charge in [-0.2, -0.15) is 0 Å². The molecule has 1 aliphatic heterocycles. The predicted molar refractivity (Wildman–Crippen MR) is 107 cm³/mol. The molecule has 148 valence electrons. The van der Waals surface area contributed by atoms with E-state index in [0.717, 1.165) is 37.9 Å². The summed E-state index contributed by atoms with van der Waals surface area (Å²) in [6, 6.07) is 10.4. The summed E-state index contributed by atoms with van der Waals surface area (Å²) in [5.41, 5.74) is -0.634. The van der Waals surface area contributed by atoms with Crippen LogP contribution in [-0.4, -0.2) is 41.1 Å². The van der Waals surface area contributed by atoms with E-state index in [-0.39, 0.29) is 17.9 Å². The first-order valence-electron chi connectivity index (χ1n) is 10.8. The summed E-state index contributed by atoms with van der Waals surface area (Å²) in [5.74, 6) is 1.65. The third kappa shape index (κ3) is 3.21. The molecule has 2 aliphatic carbocycles. The van der Waals surface area contributed by atoms with Crippen molar-refractivity contribution in [1.82, 2.24) is 10.2 Å². The smallest absolute Gasteiger partial charge is 0.257 e. The van der Waals surface area contributed by atoms with E-state index >= 15 is 0 Å². The van der Waals surface area contributed by atoms with Gasteiger partial charge >= 0.3 is 0 Å². The molecule has 0 spiro atoms. The number of benzene rings is 1. The Morgan fingerprint density at radius 2 is 1.85 bits per heavy atom. The molecule has 4 rings (SSSR count). The van der Waals surface area contributed by atoms with Gasteiger partial charge in [0.1, 0.15) is 0 Å². The van der Waals surface area contributed by atoms with Gasteiger partial charge in [-0.3, -0.25) is 9.69 Å². The van der Waals surface area contributed by atoms with Crippen molar-refractivity contribution in [2.75, 3.05) is 13.1 Å². The van der Waals surface area contributed by atoms with Crippen LogP contribution in [0.25, 0.3) is 0 Å². The molecule has 2 N–H and O–H groups in total. The van der Waals surface area contributed by atoms with E-state index in [9.17, 15) is 9.90 Å². The quantitative estimate of drug-likeness (QED) is 0.775. The van der Waals surface area contributed by atoms with Gasteiger partial charge in [0.25, 0.3) is 5.91 Å². The van der Waals surface area contributed by atoms with E-state index in [1.165, 1.54) is 6.42 Å². The molecule has 0 radical (unpaired) electrons. The molecule has 0 bridgehead atoms. The van der Waals surface area contributed by atoms with Crippen LogP contribution in [0.4, 0.5) is 0 Å². The fourth-order valence-corrected chi connectivity index (χ4v) is 5.53. The van der Waals surface area contributed by atoms with E-state index in [1.54, 1.807) is 0 Å². The van der Waals surface area contributed by atoms with Crippen molar-refractivity contribution in [1.29, 1.82) is 0 Å². The standard InChI is InChI=1S/C23H34N2O2/c1-4-20(15(2)3)25-13-18-19(14-25)21(18)24-22(26)23(27,17-11-8-12-17)16-9-6-5-7-10-16/h5-7,9-10,15,17-21,27H,4,8,11-14H2,1-3H3,(H,24,26)/t18-,19?,20?,21+,23?/m0/s1. The maximum Gasteiger partial charge on any atom is 0.257 e. The molecular formula is C23H34N2O2. The van der Waals surface area contributed by atoms with Gasteiger partial charge in [-0.05, 0) is 42.6 Å². The van der Waals surface area contributed by atoms with Crippen LogP contribution < -0.4 is 5.32 Å². The molecule has 4 nitrogen and oxygen atoms in total. The highest BCUT2D eigenvalue weighted by Gasteiger charge is 2.59. The molecule has 1 amide bonds. The largest absolute Gasteiger partial charge is 0.375 e. The van der Waals surface area contributed by atoms with Gasteiger partial charge in [0.15, 0.2) is 5.60 Å². The number of rotatable bonds is 7. The minimum atomic E-state index is -1.38. The molecule has 3 aliphatic rings. The van der Waals surface area contributed by atoms with Gasteiger partial charge in [-0.15, -0.1) is 0 Å². The zero-order valence-electron chi connectivity index (χ0n) is 16.9. The average molecular weight is 371 g/mol. The van der Waals surface area contributed by atoms with Gasteiger partial charge in [-0.25, -0.2) is 0 Å². The molecule has 4 heteroatoms. The fourth-order valence-electron chi connectivity index (χ4n) is 5.53. The monoisotopic (exact) mass is 370 g/mol. The normalized spacial score (nSPS) is 31.1. The summed E-state index contributed by atoms with van der Waals surface area (Å²) in [5, 5.41) is 14.7. The highest BCUT2D eigenvalue weighted by Crippen LogP contribution is 2.48. The van der Waals surface area contributed by atoms with E-state index in [2.05, 4.69) is 31.0 Å². The lowest BCUT2D eigenvalue weighted by Crippen LogP contribution is -2.53. The number of carbonyl (C=O) groups is 1. The van der Waals surface area contributed by atoms with Gasteiger partial charge in [0, 0.05) is 31.1 Å². The van der Waals surface area contributed by atoms with Crippen LogP contribution in [0.5, 0.6) is 0 Å². The average Bonchev–Trinajstić information content (AvgIpc) is 3.04. The second-order valence-electron chi connectivity index (χ2n) is 9.26. The van der Waals surface area contributed by atoms with E-state index in [0.29, 0.717) is 23.8 Å².